The van der Waals surface area contributed by atoms with E-state index in [0.29, 0.717) is 5.66 Å². The van der Waals surface area contributed by atoms with Crippen LogP contribution in [0.15, 0.2) is 91.0 Å². The summed E-state index contributed by atoms with van der Waals surface area (Å²) in [6.45, 7) is 0. The first kappa shape index (κ1) is 23.9. The maximum atomic E-state index is 9.75. The van der Waals surface area contributed by atoms with Crippen molar-refractivity contribution >= 4 is 42.2 Å². The third-order valence-electron chi connectivity index (χ3n) is 5.71. The maximum absolute atomic E-state index is 9.75. The fourth-order valence-corrected chi connectivity index (χ4v) is 11.6. The van der Waals surface area contributed by atoms with Crippen LogP contribution in [0.25, 0.3) is 0 Å². The van der Waals surface area contributed by atoms with Gasteiger partial charge in [0.1, 0.15) is 23.2 Å². The summed E-state index contributed by atoms with van der Waals surface area (Å²) < 4.78 is 39.0. The summed E-state index contributed by atoms with van der Waals surface area (Å²) in [6, 6.07) is 34.0. The van der Waals surface area contributed by atoms with Crippen LogP contribution >= 0.6 is 19.0 Å². The summed E-state index contributed by atoms with van der Waals surface area (Å²) in [4.78, 5) is 0. The van der Waals surface area contributed by atoms with E-state index in [1.54, 1.807) is 0 Å². The number of hydrogen-bond donors (Lipinski definition) is 0. The third kappa shape index (κ3) is 5.73. The summed E-state index contributed by atoms with van der Waals surface area (Å²) in [5, 5.41) is 5.33. The van der Waals surface area contributed by atoms with Crippen molar-refractivity contribution in [3.63, 3.8) is 0 Å². The molecule has 3 aromatic carbocycles. The molecule has 0 aromatic heterocycles. The van der Waals surface area contributed by atoms with Crippen LogP contribution in [-0.4, -0.2) is 24.4 Å². The van der Waals surface area contributed by atoms with Gasteiger partial charge >= 0.3 is 7.25 Å². The molecule has 4 rings (SSSR count). The molecule has 0 heterocycles. The van der Waals surface area contributed by atoms with Crippen molar-refractivity contribution in [2.75, 3.05) is 6.26 Å². The normalized spacial score (nSPS) is 18.9. The van der Waals surface area contributed by atoms with Gasteiger partial charge in [-0.1, -0.05) is 54.6 Å². The lowest BCUT2D eigenvalue weighted by atomic mass is 10.3. The predicted molar refractivity (Wildman–Crippen MR) is 130 cm³/mol. The van der Waals surface area contributed by atoms with Gasteiger partial charge in [-0.05, 0) is 61.9 Å². The molecule has 0 saturated heterocycles. The highest BCUT2D eigenvalue weighted by Crippen LogP contribution is 2.65. The lowest BCUT2D eigenvalue weighted by Gasteiger charge is -2.35. The molecule has 31 heavy (non-hydrogen) atoms. The van der Waals surface area contributed by atoms with E-state index >= 15 is 0 Å². The van der Waals surface area contributed by atoms with Crippen LogP contribution in [-0.2, 0) is 0 Å². The maximum Gasteiger partial charge on any atom is 0.673 e. The largest absolute Gasteiger partial charge is 0.673 e. The molecule has 1 fully saturated rings. The molecule has 1 aliphatic rings. The van der Waals surface area contributed by atoms with Crippen molar-refractivity contribution in [2.24, 2.45) is 0 Å². The Labute approximate surface area is 186 Å². The zero-order chi connectivity index (χ0) is 22.3. The van der Waals surface area contributed by atoms with E-state index in [9.17, 15) is 17.3 Å². The van der Waals surface area contributed by atoms with Crippen LogP contribution in [0.5, 0.6) is 0 Å². The quantitative estimate of drug-likeness (QED) is 0.234. The Bertz CT molecular complexity index is 820. The number of rotatable bonds is 5. The Morgan fingerprint density at radius 3 is 1.35 bits per heavy atom. The van der Waals surface area contributed by atoms with Crippen LogP contribution < -0.4 is 15.9 Å². The minimum atomic E-state index is -6.00. The first-order chi connectivity index (χ1) is 14.9. The second-order valence-electron chi connectivity index (χ2n) is 7.50. The molecule has 0 aliphatic heterocycles. The van der Waals surface area contributed by atoms with Crippen molar-refractivity contribution in [3.05, 3.63) is 91.0 Å². The van der Waals surface area contributed by atoms with Gasteiger partial charge in [-0.25, -0.2) is 0 Å². The van der Waals surface area contributed by atoms with Crippen molar-refractivity contribution < 1.29 is 17.3 Å². The van der Waals surface area contributed by atoms with Gasteiger partial charge in [0.25, 0.3) is 0 Å². The molecule has 1 aliphatic carbocycles. The number of halogens is 4. The van der Waals surface area contributed by atoms with Gasteiger partial charge in [-0.3, -0.25) is 0 Å². The van der Waals surface area contributed by atoms with E-state index in [1.807, 2.05) is 0 Å². The zero-order valence-electron chi connectivity index (χ0n) is 17.4. The monoisotopic (exact) mass is 464 g/mol. The number of benzene rings is 3. The number of hydrogen-bond acceptors (Lipinski definition) is 1. The van der Waals surface area contributed by atoms with E-state index in [0.717, 1.165) is 5.25 Å². The number of thioether (sulfide) groups is 1. The average molecular weight is 464 g/mol. The minimum absolute atomic E-state index is 0.713. The predicted octanol–water partition coefficient (Wildman–Crippen LogP) is 6.56. The van der Waals surface area contributed by atoms with Crippen molar-refractivity contribution in [1.29, 1.82) is 0 Å². The Morgan fingerprint density at radius 1 is 0.677 bits per heavy atom. The minimum Gasteiger partial charge on any atom is -0.418 e. The highest BCUT2D eigenvalue weighted by Gasteiger charge is 2.56. The summed E-state index contributed by atoms with van der Waals surface area (Å²) >= 11 is 2.08. The SMILES string of the molecule is CSC1CCCC1[P+](c1ccccc1)(c1ccccc1)c1ccccc1.F[B-](F)(F)F. The van der Waals surface area contributed by atoms with Gasteiger partial charge < -0.3 is 17.3 Å². The average Bonchev–Trinajstić information content (AvgIpc) is 3.25. The van der Waals surface area contributed by atoms with E-state index in [1.165, 1.54) is 35.2 Å². The summed E-state index contributed by atoms with van der Waals surface area (Å²) in [5.74, 6) is 0. The van der Waals surface area contributed by atoms with Crippen molar-refractivity contribution in [3.8, 4) is 0 Å². The summed E-state index contributed by atoms with van der Waals surface area (Å²) in [5.41, 5.74) is 0.713. The topological polar surface area (TPSA) is 0 Å². The Hall–Kier alpha value is -1.78. The molecule has 2 unspecified atom stereocenters. The molecule has 0 bridgehead atoms. The Morgan fingerprint density at radius 2 is 1.03 bits per heavy atom. The van der Waals surface area contributed by atoms with Crippen LogP contribution in [0.2, 0.25) is 0 Å². The molecule has 0 N–H and O–H groups in total. The van der Waals surface area contributed by atoms with E-state index < -0.39 is 14.5 Å². The van der Waals surface area contributed by atoms with Crippen molar-refractivity contribution in [2.45, 2.75) is 30.2 Å². The summed E-state index contributed by atoms with van der Waals surface area (Å²) in [6.07, 6.45) is 6.33. The first-order valence-corrected chi connectivity index (χ1v) is 13.5. The molecule has 7 heteroatoms. The molecule has 164 valence electrons. The second kappa shape index (κ2) is 10.7. The molecule has 2 atom stereocenters. The van der Waals surface area contributed by atoms with Gasteiger partial charge in [0.2, 0.25) is 0 Å². The smallest absolute Gasteiger partial charge is 0.418 e. The Balaban J connectivity index is 0.000000491. The fraction of sp³-hybridized carbons (Fsp3) is 0.250. The third-order valence-corrected chi connectivity index (χ3v) is 12.0. The van der Waals surface area contributed by atoms with Crippen LogP contribution in [0.4, 0.5) is 17.3 Å². The van der Waals surface area contributed by atoms with Gasteiger partial charge in [0.05, 0.1) is 5.66 Å². The highest BCUT2D eigenvalue weighted by atomic mass is 32.2. The van der Waals surface area contributed by atoms with E-state index in [2.05, 4.69) is 109 Å². The van der Waals surface area contributed by atoms with Crippen LogP contribution in [0.1, 0.15) is 19.3 Å². The fourth-order valence-electron chi connectivity index (χ4n) is 4.64. The highest BCUT2D eigenvalue weighted by molar-refractivity contribution is 8.01. The van der Waals surface area contributed by atoms with Gasteiger partial charge in [0, 0.05) is 5.25 Å². The molecule has 0 amide bonds. The van der Waals surface area contributed by atoms with Gasteiger partial charge in [0.15, 0.2) is 0 Å². The molecule has 3 aromatic rings. The Kier molecular flexibility index (Phi) is 8.24. The lowest BCUT2D eigenvalue weighted by molar-refractivity contribution is 0.368. The molecule has 0 spiro atoms. The second-order valence-corrected chi connectivity index (χ2v) is 12.2. The van der Waals surface area contributed by atoms with Gasteiger partial charge in [-0.15, -0.1) is 0 Å². The standard InChI is InChI=1S/C24H26PS.BF4/c1-26-24-19-11-18-23(24)25(20-12-5-2-6-13-20,21-14-7-3-8-15-21)22-16-9-4-10-17-22;2-1(3,4)5/h2-10,12-17,23-24H,11,18-19H2,1H3;/q+1;-1. The van der Waals surface area contributed by atoms with E-state index in [4.69, 9.17) is 0 Å². The molecular formula is C24H26BF4PS. The van der Waals surface area contributed by atoms with Crippen LogP contribution in [0.3, 0.4) is 0 Å². The van der Waals surface area contributed by atoms with E-state index in [-0.39, 0.29) is 0 Å². The van der Waals surface area contributed by atoms with Gasteiger partial charge in [-0.2, -0.15) is 11.8 Å². The van der Waals surface area contributed by atoms with Crippen molar-refractivity contribution in [1.82, 2.24) is 0 Å². The zero-order valence-corrected chi connectivity index (χ0v) is 19.1. The molecule has 1 saturated carbocycles. The molecule has 0 nitrogen and oxygen atoms in total. The molecule has 0 radical (unpaired) electrons. The lowest BCUT2D eigenvalue weighted by Crippen LogP contribution is -2.41. The molecular weight excluding hydrogens is 438 g/mol. The summed E-state index contributed by atoms with van der Waals surface area (Å²) in [7, 11) is -7.69. The van der Waals surface area contributed by atoms with Crippen LogP contribution in [0, 0.1) is 0 Å². The first-order valence-electron chi connectivity index (χ1n) is 10.3.